The summed E-state index contributed by atoms with van der Waals surface area (Å²) in [6.45, 7) is 2.39. The number of rotatable bonds is 6. The monoisotopic (exact) mass is 333 g/mol. The number of anilines is 1. The molecule has 6 nitrogen and oxygen atoms in total. The lowest BCUT2D eigenvalue weighted by Gasteiger charge is -2.15. The highest BCUT2D eigenvalue weighted by Crippen LogP contribution is 2.17. The summed E-state index contributed by atoms with van der Waals surface area (Å²) in [6.07, 6.45) is 3.08. The lowest BCUT2D eigenvalue weighted by molar-refractivity contribution is 0.0945. The number of carbonyl (C=O) groups excluding carboxylic acids is 1. The molecule has 1 aromatic carbocycles. The lowest BCUT2D eigenvalue weighted by Crippen LogP contribution is -2.24. The molecule has 6 heteroatoms. The van der Waals surface area contributed by atoms with E-state index in [-0.39, 0.29) is 11.9 Å². The molecule has 126 valence electrons. The van der Waals surface area contributed by atoms with Crippen molar-refractivity contribution in [3.05, 3.63) is 84.1 Å². The SMILES string of the molecule is CC(Nc1cc(C(=O)NCc2ccccn2)ncn1)c1ccccc1. The van der Waals surface area contributed by atoms with Crippen LogP contribution in [0.3, 0.4) is 0 Å². The number of amides is 1. The Morgan fingerprint density at radius 3 is 2.60 bits per heavy atom. The molecule has 2 N–H and O–H groups in total. The van der Waals surface area contributed by atoms with Crippen molar-refractivity contribution in [2.75, 3.05) is 5.32 Å². The molecule has 25 heavy (non-hydrogen) atoms. The molecular formula is C19H19N5O. The van der Waals surface area contributed by atoms with Gasteiger partial charge in [-0.05, 0) is 24.6 Å². The van der Waals surface area contributed by atoms with Crippen LogP contribution in [-0.4, -0.2) is 20.9 Å². The number of pyridine rings is 1. The van der Waals surface area contributed by atoms with E-state index in [1.807, 2.05) is 55.5 Å². The summed E-state index contributed by atoms with van der Waals surface area (Å²) in [5, 5.41) is 6.09. The minimum absolute atomic E-state index is 0.0699. The minimum atomic E-state index is -0.261. The molecule has 1 atom stereocenters. The zero-order valence-corrected chi connectivity index (χ0v) is 13.9. The molecule has 1 unspecified atom stereocenters. The number of aromatic nitrogens is 3. The Morgan fingerprint density at radius 1 is 1.04 bits per heavy atom. The second-order valence-corrected chi connectivity index (χ2v) is 5.57. The Morgan fingerprint density at radius 2 is 1.84 bits per heavy atom. The second kappa shape index (κ2) is 8.01. The Balaban J connectivity index is 1.63. The highest BCUT2D eigenvalue weighted by atomic mass is 16.1. The number of carbonyl (C=O) groups is 1. The van der Waals surface area contributed by atoms with Crippen LogP contribution >= 0.6 is 0 Å². The van der Waals surface area contributed by atoms with Crippen molar-refractivity contribution in [2.45, 2.75) is 19.5 Å². The van der Waals surface area contributed by atoms with Crippen LogP contribution in [0, 0.1) is 0 Å². The number of nitrogens with one attached hydrogen (secondary N) is 2. The quantitative estimate of drug-likeness (QED) is 0.725. The molecule has 0 fully saturated rings. The molecule has 0 bridgehead atoms. The van der Waals surface area contributed by atoms with E-state index in [0.717, 1.165) is 11.3 Å². The molecule has 0 aliphatic rings. The van der Waals surface area contributed by atoms with Gasteiger partial charge in [0.1, 0.15) is 17.8 Å². The van der Waals surface area contributed by atoms with E-state index in [1.165, 1.54) is 6.33 Å². The van der Waals surface area contributed by atoms with Gasteiger partial charge in [-0.2, -0.15) is 0 Å². The Hall–Kier alpha value is -3.28. The largest absolute Gasteiger partial charge is 0.363 e. The summed E-state index contributed by atoms with van der Waals surface area (Å²) >= 11 is 0. The summed E-state index contributed by atoms with van der Waals surface area (Å²) in [5.74, 6) is 0.345. The first-order chi connectivity index (χ1) is 12.2. The summed E-state index contributed by atoms with van der Waals surface area (Å²) in [7, 11) is 0. The summed E-state index contributed by atoms with van der Waals surface area (Å²) < 4.78 is 0. The lowest BCUT2D eigenvalue weighted by atomic mass is 10.1. The van der Waals surface area contributed by atoms with Crippen molar-refractivity contribution in [1.29, 1.82) is 0 Å². The highest BCUT2D eigenvalue weighted by Gasteiger charge is 2.11. The molecule has 0 saturated carbocycles. The van der Waals surface area contributed by atoms with E-state index in [9.17, 15) is 4.79 Å². The molecule has 0 saturated heterocycles. The molecule has 0 radical (unpaired) electrons. The van der Waals surface area contributed by atoms with Crippen LogP contribution < -0.4 is 10.6 Å². The number of benzene rings is 1. The highest BCUT2D eigenvalue weighted by molar-refractivity contribution is 5.92. The maximum Gasteiger partial charge on any atom is 0.270 e. The van der Waals surface area contributed by atoms with Gasteiger partial charge in [-0.15, -0.1) is 0 Å². The first kappa shape index (κ1) is 16.6. The maximum absolute atomic E-state index is 12.3. The van der Waals surface area contributed by atoms with E-state index in [1.54, 1.807) is 12.3 Å². The van der Waals surface area contributed by atoms with E-state index >= 15 is 0 Å². The number of nitrogens with zero attached hydrogens (tertiary/aromatic N) is 3. The minimum Gasteiger partial charge on any atom is -0.363 e. The van der Waals surface area contributed by atoms with Gasteiger partial charge >= 0.3 is 0 Å². The van der Waals surface area contributed by atoms with Crippen LogP contribution in [0.4, 0.5) is 5.82 Å². The van der Waals surface area contributed by atoms with E-state index in [4.69, 9.17) is 0 Å². The molecule has 3 aromatic rings. The van der Waals surface area contributed by atoms with Crippen molar-refractivity contribution in [2.24, 2.45) is 0 Å². The zero-order chi connectivity index (χ0) is 17.5. The van der Waals surface area contributed by atoms with Crippen LogP contribution in [0.2, 0.25) is 0 Å². The van der Waals surface area contributed by atoms with Crippen molar-refractivity contribution in [1.82, 2.24) is 20.3 Å². The van der Waals surface area contributed by atoms with Crippen LogP contribution in [0.15, 0.2) is 67.1 Å². The molecule has 2 heterocycles. The maximum atomic E-state index is 12.3. The number of hydrogen-bond acceptors (Lipinski definition) is 5. The van der Waals surface area contributed by atoms with Gasteiger partial charge in [-0.25, -0.2) is 9.97 Å². The van der Waals surface area contributed by atoms with Crippen molar-refractivity contribution >= 4 is 11.7 Å². The van der Waals surface area contributed by atoms with Gasteiger partial charge in [0.25, 0.3) is 5.91 Å². The third kappa shape index (κ3) is 4.60. The molecule has 1 amide bonds. The molecule has 0 aliphatic carbocycles. The normalized spacial score (nSPS) is 11.6. The average Bonchev–Trinajstić information content (AvgIpc) is 2.68. The fraction of sp³-hybridized carbons (Fsp3) is 0.158. The molecule has 0 spiro atoms. The van der Waals surface area contributed by atoms with Crippen LogP contribution in [0.1, 0.15) is 34.7 Å². The summed E-state index contributed by atoms with van der Waals surface area (Å²) in [6, 6.07) is 17.3. The number of hydrogen-bond donors (Lipinski definition) is 2. The molecule has 2 aromatic heterocycles. The second-order valence-electron chi connectivity index (χ2n) is 5.57. The van der Waals surface area contributed by atoms with Crippen molar-refractivity contribution < 1.29 is 4.79 Å². The standard InChI is InChI=1S/C19H19N5O/c1-14(15-7-3-2-4-8-15)24-18-11-17(22-13-23-18)19(25)21-12-16-9-5-6-10-20-16/h2-11,13-14H,12H2,1H3,(H,21,25)(H,22,23,24). The zero-order valence-electron chi connectivity index (χ0n) is 13.9. The predicted molar refractivity (Wildman–Crippen MR) is 95.9 cm³/mol. The molecule has 3 rings (SSSR count). The molecule has 0 aliphatic heterocycles. The fourth-order valence-corrected chi connectivity index (χ4v) is 2.37. The van der Waals surface area contributed by atoms with Gasteiger partial charge < -0.3 is 10.6 Å². The fourth-order valence-electron chi connectivity index (χ4n) is 2.37. The van der Waals surface area contributed by atoms with Gasteiger partial charge in [0, 0.05) is 18.3 Å². The summed E-state index contributed by atoms with van der Waals surface area (Å²) in [5.41, 5.74) is 2.25. The van der Waals surface area contributed by atoms with Gasteiger partial charge in [-0.3, -0.25) is 9.78 Å². The van der Waals surface area contributed by atoms with Gasteiger partial charge in [0.2, 0.25) is 0 Å². The van der Waals surface area contributed by atoms with Crippen molar-refractivity contribution in [3.63, 3.8) is 0 Å². The third-order valence-electron chi connectivity index (χ3n) is 3.72. The Kier molecular flexibility index (Phi) is 5.31. The van der Waals surface area contributed by atoms with Crippen molar-refractivity contribution in [3.8, 4) is 0 Å². The summed E-state index contributed by atoms with van der Waals surface area (Å²) in [4.78, 5) is 24.7. The molecular weight excluding hydrogens is 314 g/mol. The van der Waals surface area contributed by atoms with Gasteiger partial charge in [0.15, 0.2) is 0 Å². The van der Waals surface area contributed by atoms with Gasteiger partial charge in [-0.1, -0.05) is 36.4 Å². The van der Waals surface area contributed by atoms with E-state index in [0.29, 0.717) is 18.1 Å². The Labute approximate surface area is 146 Å². The predicted octanol–water partition coefficient (Wildman–Crippen LogP) is 2.97. The smallest absolute Gasteiger partial charge is 0.270 e. The van der Waals surface area contributed by atoms with E-state index < -0.39 is 0 Å². The Bertz CT molecular complexity index is 823. The van der Waals surface area contributed by atoms with Crippen LogP contribution in [0.25, 0.3) is 0 Å². The van der Waals surface area contributed by atoms with Crippen LogP contribution in [-0.2, 0) is 6.54 Å². The van der Waals surface area contributed by atoms with Crippen LogP contribution in [0.5, 0.6) is 0 Å². The third-order valence-corrected chi connectivity index (χ3v) is 3.72. The first-order valence-electron chi connectivity index (χ1n) is 8.04. The average molecular weight is 333 g/mol. The van der Waals surface area contributed by atoms with E-state index in [2.05, 4.69) is 25.6 Å². The van der Waals surface area contributed by atoms with Gasteiger partial charge in [0.05, 0.1) is 12.2 Å². The topological polar surface area (TPSA) is 79.8 Å². The first-order valence-corrected chi connectivity index (χ1v) is 8.04.